The number of hydrogen-bond acceptors (Lipinski definition) is 5. The molecule has 0 aromatic heterocycles. The predicted molar refractivity (Wildman–Crippen MR) is 127 cm³/mol. The van der Waals surface area contributed by atoms with Crippen molar-refractivity contribution in [3.63, 3.8) is 0 Å². The van der Waals surface area contributed by atoms with E-state index in [4.69, 9.17) is 14.2 Å². The first kappa shape index (κ1) is 21.3. The van der Waals surface area contributed by atoms with Crippen molar-refractivity contribution in [2.24, 2.45) is 0 Å². The van der Waals surface area contributed by atoms with E-state index in [1.165, 1.54) is 11.1 Å². The fourth-order valence-corrected chi connectivity index (χ4v) is 4.76. The molecule has 33 heavy (non-hydrogen) atoms. The number of anilines is 1. The molecular formula is C27H28N2O4. The van der Waals surface area contributed by atoms with E-state index in [1.54, 1.807) is 14.2 Å². The van der Waals surface area contributed by atoms with Crippen molar-refractivity contribution in [2.75, 3.05) is 38.8 Å². The lowest BCUT2D eigenvalue weighted by atomic mass is 9.98. The maximum absolute atomic E-state index is 13.7. The van der Waals surface area contributed by atoms with Crippen molar-refractivity contribution in [1.29, 1.82) is 0 Å². The van der Waals surface area contributed by atoms with Crippen LogP contribution in [0, 0.1) is 0 Å². The highest BCUT2D eigenvalue weighted by Gasteiger charge is 2.34. The van der Waals surface area contributed by atoms with Gasteiger partial charge in [-0.3, -0.25) is 14.6 Å². The van der Waals surface area contributed by atoms with Gasteiger partial charge in [0.15, 0.2) is 11.5 Å². The van der Waals surface area contributed by atoms with Crippen LogP contribution < -0.4 is 19.1 Å². The summed E-state index contributed by atoms with van der Waals surface area (Å²) in [7, 11) is 3.30. The number of fused-ring (bicyclic) bond motifs is 2. The van der Waals surface area contributed by atoms with E-state index < -0.39 is 0 Å². The van der Waals surface area contributed by atoms with Gasteiger partial charge in [-0.25, -0.2) is 0 Å². The number of hydrogen-bond donors (Lipinski definition) is 0. The lowest BCUT2D eigenvalue weighted by Gasteiger charge is -2.39. The summed E-state index contributed by atoms with van der Waals surface area (Å²) in [6.07, 6.45) is 0.866. The van der Waals surface area contributed by atoms with Gasteiger partial charge in [-0.2, -0.15) is 0 Å². The second-order valence-electron chi connectivity index (χ2n) is 8.41. The van der Waals surface area contributed by atoms with Crippen molar-refractivity contribution >= 4 is 11.6 Å². The van der Waals surface area contributed by atoms with Crippen molar-refractivity contribution in [3.8, 4) is 17.2 Å². The first-order chi connectivity index (χ1) is 16.2. The largest absolute Gasteiger partial charge is 0.493 e. The minimum absolute atomic E-state index is 0.0727. The Morgan fingerprint density at radius 1 is 0.970 bits per heavy atom. The summed E-state index contributed by atoms with van der Waals surface area (Å²) in [5, 5.41) is 0. The molecule has 0 saturated heterocycles. The second-order valence-corrected chi connectivity index (χ2v) is 8.41. The number of ether oxygens (including phenoxy) is 3. The van der Waals surface area contributed by atoms with Crippen LogP contribution in [0.4, 0.5) is 5.69 Å². The third-order valence-corrected chi connectivity index (χ3v) is 6.44. The summed E-state index contributed by atoms with van der Waals surface area (Å²) in [6.45, 7) is 2.29. The summed E-state index contributed by atoms with van der Waals surface area (Å²) < 4.78 is 17.0. The minimum atomic E-state index is -0.157. The van der Waals surface area contributed by atoms with Crippen LogP contribution in [0.5, 0.6) is 17.2 Å². The molecular weight excluding hydrogens is 416 g/mol. The van der Waals surface area contributed by atoms with E-state index in [0.717, 1.165) is 41.5 Å². The fraction of sp³-hybridized carbons (Fsp3) is 0.296. The van der Waals surface area contributed by atoms with E-state index in [1.807, 2.05) is 53.4 Å². The topological polar surface area (TPSA) is 51.2 Å². The van der Waals surface area contributed by atoms with Crippen molar-refractivity contribution in [1.82, 2.24) is 4.90 Å². The number of carbonyl (C=O) groups is 1. The Kier molecular flexibility index (Phi) is 5.92. The molecule has 0 N–H and O–H groups in total. The van der Waals surface area contributed by atoms with Crippen LogP contribution in [0.2, 0.25) is 0 Å². The SMILES string of the molecule is COc1cc2c(cc1OC)CN(CC(=O)N1c3ccccc3OCC1c1ccccc1)CC2. The molecule has 0 aliphatic carbocycles. The molecule has 1 atom stereocenters. The first-order valence-electron chi connectivity index (χ1n) is 11.2. The van der Waals surface area contributed by atoms with Gasteiger partial charge < -0.3 is 14.2 Å². The number of para-hydroxylation sites is 2. The van der Waals surface area contributed by atoms with E-state index >= 15 is 0 Å². The fourth-order valence-electron chi connectivity index (χ4n) is 4.76. The number of amides is 1. The van der Waals surface area contributed by atoms with Crippen molar-refractivity contribution in [3.05, 3.63) is 83.4 Å². The van der Waals surface area contributed by atoms with Gasteiger partial charge in [0.25, 0.3) is 0 Å². The maximum Gasteiger partial charge on any atom is 0.241 e. The standard InChI is InChI=1S/C27H28N2O4/c1-31-25-14-20-12-13-28(16-21(20)15-26(25)32-2)17-27(30)29-22-10-6-7-11-24(22)33-18-23(29)19-8-4-3-5-9-19/h3-11,14-15,23H,12-13,16-18H2,1-2H3. The van der Waals surface area contributed by atoms with E-state index in [0.29, 0.717) is 19.7 Å². The van der Waals surface area contributed by atoms with Crippen molar-refractivity contribution < 1.29 is 19.0 Å². The highest BCUT2D eigenvalue weighted by molar-refractivity contribution is 5.97. The molecule has 0 fully saturated rings. The van der Waals surface area contributed by atoms with Gasteiger partial charge in [0.05, 0.1) is 32.5 Å². The molecule has 3 aromatic carbocycles. The van der Waals surface area contributed by atoms with Gasteiger partial charge in [-0.1, -0.05) is 42.5 Å². The van der Waals surface area contributed by atoms with Crippen molar-refractivity contribution in [2.45, 2.75) is 19.0 Å². The summed E-state index contributed by atoms with van der Waals surface area (Å²) >= 11 is 0. The number of rotatable bonds is 5. The third-order valence-electron chi connectivity index (χ3n) is 6.44. The molecule has 170 valence electrons. The van der Waals surface area contributed by atoms with Crippen LogP contribution in [0.1, 0.15) is 22.7 Å². The van der Waals surface area contributed by atoms with Crippen LogP contribution in [0.25, 0.3) is 0 Å². The zero-order valence-corrected chi connectivity index (χ0v) is 19.0. The smallest absolute Gasteiger partial charge is 0.241 e. The predicted octanol–water partition coefficient (Wildman–Crippen LogP) is 4.23. The minimum Gasteiger partial charge on any atom is -0.493 e. The van der Waals surface area contributed by atoms with E-state index in [9.17, 15) is 4.79 Å². The Labute approximate surface area is 194 Å². The van der Waals surface area contributed by atoms with Gasteiger partial charge in [0, 0.05) is 13.1 Å². The molecule has 0 bridgehead atoms. The van der Waals surface area contributed by atoms with Gasteiger partial charge in [0.1, 0.15) is 12.4 Å². The van der Waals surface area contributed by atoms with Gasteiger partial charge in [-0.05, 0) is 47.4 Å². The second kappa shape index (κ2) is 9.16. The maximum atomic E-state index is 13.7. The Hall–Kier alpha value is -3.51. The Bertz CT molecular complexity index is 1150. The van der Waals surface area contributed by atoms with E-state index in [2.05, 4.69) is 23.1 Å². The van der Waals surface area contributed by atoms with E-state index in [-0.39, 0.29) is 11.9 Å². The Balaban J connectivity index is 1.40. The summed E-state index contributed by atoms with van der Waals surface area (Å²) in [5.41, 5.74) is 4.32. The molecule has 1 unspecified atom stereocenters. The number of methoxy groups -OCH3 is 2. The monoisotopic (exact) mass is 444 g/mol. The number of carbonyl (C=O) groups excluding carboxylic acids is 1. The van der Waals surface area contributed by atoms with Crippen LogP contribution in [-0.2, 0) is 17.8 Å². The number of nitrogens with zero attached hydrogens (tertiary/aromatic N) is 2. The molecule has 3 aromatic rings. The third kappa shape index (κ3) is 4.14. The summed E-state index contributed by atoms with van der Waals surface area (Å²) in [6, 6.07) is 21.8. The molecule has 5 rings (SSSR count). The Morgan fingerprint density at radius 3 is 2.42 bits per heavy atom. The Morgan fingerprint density at radius 2 is 1.67 bits per heavy atom. The quantitative estimate of drug-likeness (QED) is 0.590. The molecule has 0 spiro atoms. The zero-order chi connectivity index (χ0) is 22.8. The average molecular weight is 445 g/mol. The van der Waals surface area contributed by atoms with Gasteiger partial charge in [0.2, 0.25) is 5.91 Å². The van der Waals surface area contributed by atoms with Crippen LogP contribution in [-0.4, -0.2) is 44.7 Å². The van der Waals surface area contributed by atoms with Gasteiger partial charge in [-0.15, -0.1) is 0 Å². The molecule has 0 saturated carbocycles. The lowest BCUT2D eigenvalue weighted by Crippen LogP contribution is -2.47. The average Bonchev–Trinajstić information content (AvgIpc) is 2.87. The van der Waals surface area contributed by atoms with Crippen LogP contribution in [0.15, 0.2) is 66.7 Å². The first-order valence-corrected chi connectivity index (χ1v) is 11.2. The lowest BCUT2D eigenvalue weighted by molar-refractivity contribution is -0.120. The summed E-state index contributed by atoms with van der Waals surface area (Å²) in [4.78, 5) is 17.9. The van der Waals surface area contributed by atoms with Crippen LogP contribution >= 0.6 is 0 Å². The molecule has 2 heterocycles. The van der Waals surface area contributed by atoms with Gasteiger partial charge >= 0.3 is 0 Å². The molecule has 6 heteroatoms. The molecule has 0 radical (unpaired) electrons. The highest BCUT2D eigenvalue weighted by atomic mass is 16.5. The zero-order valence-electron chi connectivity index (χ0n) is 19.0. The highest BCUT2D eigenvalue weighted by Crippen LogP contribution is 2.39. The molecule has 1 amide bonds. The molecule has 2 aliphatic rings. The molecule has 6 nitrogen and oxygen atoms in total. The summed E-state index contributed by atoms with van der Waals surface area (Å²) in [5.74, 6) is 2.29. The molecule has 2 aliphatic heterocycles. The number of benzene rings is 3. The normalized spacial score (nSPS) is 17.5. The van der Waals surface area contributed by atoms with Crippen LogP contribution in [0.3, 0.4) is 0 Å².